The number of alkyl halides is 1. The highest BCUT2D eigenvalue weighted by Gasteiger charge is 2.21. The molecule has 0 spiro atoms. The minimum absolute atomic E-state index is 0.334. The standard InChI is InChI=1S/C26H27F2N7OS/c1-29-22-9-6-17(16-30-22)25-32-21-8-7-19(31-24(21)26(33-25)35-11-13-36-14-12-35)18-4-2-5-20(23(18)28)34-37-15-3-10-27/h2,4-9,16,34H,3,10-15H2,1H3,(H,29,30). The van der Waals surface area contributed by atoms with Crippen molar-refractivity contribution in [3.05, 3.63) is 54.5 Å². The summed E-state index contributed by atoms with van der Waals surface area (Å²) >= 11 is 1.28. The van der Waals surface area contributed by atoms with Gasteiger partial charge in [-0.1, -0.05) is 18.0 Å². The fourth-order valence-electron chi connectivity index (χ4n) is 4.01. The maximum absolute atomic E-state index is 15.4. The Morgan fingerprint density at radius 2 is 1.92 bits per heavy atom. The molecule has 0 radical (unpaired) electrons. The molecule has 0 saturated carbocycles. The number of nitrogens with zero attached hydrogens (tertiary/aromatic N) is 5. The number of anilines is 3. The molecule has 0 unspecified atom stereocenters. The molecule has 1 aliphatic heterocycles. The lowest BCUT2D eigenvalue weighted by molar-refractivity contribution is 0.122. The van der Waals surface area contributed by atoms with Crippen LogP contribution in [0, 0.1) is 5.82 Å². The van der Waals surface area contributed by atoms with Crippen molar-refractivity contribution in [1.29, 1.82) is 0 Å². The fraction of sp³-hybridized carbons (Fsp3) is 0.308. The summed E-state index contributed by atoms with van der Waals surface area (Å²) in [6.07, 6.45) is 2.14. The van der Waals surface area contributed by atoms with Gasteiger partial charge in [-0.05, 0) is 42.8 Å². The molecule has 11 heteroatoms. The van der Waals surface area contributed by atoms with E-state index in [2.05, 4.69) is 19.9 Å². The van der Waals surface area contributed by atoms with Gasteiger partial charge in [-0.25, -0.2) is 24.3 Å². The zero-order chi connectivity index (χ0) is 25.6. The molecule has 0 amide bonds. The quantitative estimate of drug-likeness (QED) is 0.227. The molecule has 192 valence electrons. The molecule has 8 nitrogen and oxygen atoms in total. The molecule has 3 aromatic heterocycles. The van der Waals surface area contributed by atoms with Gasteiger partial charge in [0.05, 0.1) is 36.8 Å². The number of ether oxygens (including phenoxy) is 1. The Morgan fingerprint density at radius 1 is 1.05 bits per heavy atom. The molecule has 1 fully saturated rings. The summed E-state index contributed by atoms with van der Waals surface area (Å²) in [5.74, 6) is 2.11. The number of hydrogen-bond donors (Lipinski definition) is 2. The zero-order valence-electron chi connectivity index (χ0n) is 20.4. The smallest absolute Gasteiger partial charge is 0.163 e. The lowest BCUT2D eigenvalue weighted by atomic mass is 10.1. The lowest BCUT2D eigenvalue weighted by Crippen LogP contribution is -2.37. The van der Waals surface area contributed by atoms with Crippen LogP contribution in [0.4, 0.5) is 26.1 Å². The molecule has 4 aromatic rings. The van der Waals surface area contributed by atoms with E-state index in [9.17, 15) is 4.39 Å². The third kappa shape index (κ3) is 5.57. The summed E-state index contributed by atoms with van der Waals surface area (Å²) in [5.41, 5.74) is 3.22. The van der Waals surface area contributed by atoms with Crippen molar-refractivity contribution in [2.75, 3.05) is 60.7 Å². The summed E-state index contributed by atoms with van der Waals surface area (Å²) < 4.78 is 36.3. The van der Waals surface area contributed by atoms with Crippen LogP contribution in [0.25, 0.3) is 33.7 Å². The number of morpholine rings is 1. The molecule has 0 bridgehead atoms. The summed E-state index contributed by atoms with van der Waals surface area (Å²) in [6.45, 7) is 2.10. The first-order chi connectivity index (χ1) is 18.2. The number of halogens is 2. The van der Waals surface area contributed by atoms with Gasteiger partial charge in [0.2, 0.25) is 0 Å². The van der Waals surface area contributed by atoms with E-state index in [4.69, 9.17) is 19.7 Å². The van der Waals surface area contributed by atoms with Gasteiger partial charge in [0.25, 0.3) is 0 Å². The Kier molecular flexibility index (Phi) is 7.90. The first kappa shape index (κ1) is 25.1. The molecule has 1 aromatic carbocycles. The second kappa shape index (κ2) is 11.7. The molecule has 1 saturated heterocycles. The molecule has 4 heterocycles. The molecule has 0 aliphatic carbocycles. The van der Waals surface area contributed by atoms with E-state index in [-0.39, 0.29) is 0 Å². The number of pyridine rings is 2. The molecular weight excluding hydrogens is 496 g/mol. The molecule has 1 aliphatic rings. The predicted octanol–water partition coefficient (Wildman–Crippen LogP) is 5.19. The Bertz CT molecular complexity index is 1370. The second-order valence-corrected chi connectivity index (χ2v) is 9.28. The van der Waals surface area contributed by atoms with Crippen LogP contribution in [0.15, 0.2) is 48.7 Å². The highest BCUT2D eigenvalue weighted by Crippen LogP contribution is 2.32. The zero-order valence-corrected chi connectivity index (χ0v) is 21.2. The van der Waals surface area contributed by atoms with Crippen molar-refractivity contribution in [2.24, 2.45) is 0 Å². The summed E-state index contributed by atoms with van der Waals surface area (Å²) in [6, 6.07) is 12.5. The van der Waals surface area contributed by atoms with Crippen molar-refractivity contribution in [3.8, 4) is 22.6 Å². The van der Waals surface area contributed by atoms with Gasteiger partial charge in [-0.15, -0.1) is 0 Å². The van der Waals surface area contributed by atoms with Crippen LogP contribution in [-0.2, 0) is 4.74 Å². The lowest BCUT2D eigenvalue weighted by Gasteiger charge is -2.28. The third-order valence-electron chi connectivity index (χ3n) is 5.95. The number of nitrogens with one attached hydrogen (secondary N) is 2. The van der Waals surface area contributed by atoms with Crippen LogP contribution in [0.2, 0.25) is 0 Å². The fourth-order valence-corrected chi connectivity index (χ4v) is 4.68. The van der Waals surface area contributed by atoms with Crippen LogP contribution < -0.4 is 14.9 Å². The first-order valence-corrected chi connectivity index (χ1v) is 13.0. The number of benzene rings is 1. The highest BCUT2D eigenvalue weighted by molar-refractivity contribution is 8.00. The normalized spacial score (nSPS) is 13.6. The van der Waals surface area contributed by atoms with E-state index in [1.807, 2.05) is 25.2 Å². The maximum atomic E-state index is 15.4. The largest absolute Gasteiger partial charge is 0.378 e. The Balaban J connectivity index is 1.56. The summed E-state index contributed by atoms with van der Waals surface area (Å²) in [4.78, 5) is 21.0. The van der Waals surface area contributed by atoms with Crippen molar-refractivity contribution >= 4 is 40.3 Å². The van der Waals surface area contributed by atoms with E-state index in [1.54, 1.807) is 30.5 Å². The van der Waals surface area contributed by atoms with Crippen LogP contribution in [0.5, 0.6) is 0 Å². The summed E-state index contributed by atoms with van der Waals surface area (Å²) in [7, 11) is 1.81. The van der Waals surface area contributed by atoms with Gasteiger partial charge in [0, 0.05) is 43.2 Å². The minimum atomic E-state index is -0.414. The number of rotatable bonds is 9. The molecule has 0 atom stereocenters. The van der Waals surface area contributed by atoms with Crippen molar-refractivity contribution < 1.29 is 13.5 Å². The van der Waals surface area contributed by atoms with E-state index in [0.29, 0.717) is 78.1 Å². The van der Waals surface area contributed by atoms with Gasteiger partial charge in [-0.3, -0.25) is 4.39 Å². The van der Waals surface area contributed by atoms with Crippen LogP contribution in [0.3, 0.4) is 0 Å². The molecule has 37 heavy (non-hydrogen) atoms. The summed E-state index contributed by atoms with van der Waals surface area (Å²) in [5, 5.41) is 3.01. The molecule has 5 rings (SSSR count). The highest BCUT2D eigenvalue weighted by atomic mass is 32.2. The monoisotopic (exact) mass is 523 g/mol. The van der Waals surface area contributed by atoms with Crippen molar-refractivity contribution in [1.82, 2.24) is 19.9 Å². The van der Waals surface area contributed by atoms with Gasteiger partial charge >= 0.3 is 0 Å². The Morgan fingerprint density at radius 3 is 2.68 bits per heavy atom. The number of fused-ring (bicyclic) bond motifs is 1. The SMILES string of the molecule is CNc1ccc(-c2nc(N3CCOCC3)c3nc(-c4cccc(NSCCCF)c4F)ccc3n2)cn1. The van der Waals surface area contributed by atoms with Crippen LogP contribution in [-0.4, -0.2) is 65.7 Å². The van der Waals surface area contributed by atoms with E-state index in [1.165, 1.54) is 11.9 Å². The topological polar surface area (TPSA) is 88.1 Å². The molecule has 2 N–H and O–H groups in total. The van der Waals surface area contributed by atoms with E-state index < -0.39 is 12.5 Å². The number of aromatic nitrogens is 4. The van der Waals surface area contributed by atoms with Gasteiger partial charge in [-0.2, -0.15) is 0 Å². The van der Waals surface area contributed by atoms with Gasteiger partial charge in [0.1, 0.15) is 11.3 Å². The minimum Gasteiger partial charge on any atom is -0.378 e. The number of hydrogen-bond acceptors (Lipinski definition) is 9. The van der Waals surface area contributed by atoms with Gasteiger partial charge < -0.3 is 19.7 Å². The van der Waals surface area contributed by atoms with Crippen molar-refractivity contribution in [3.63, 3.8) is 0 Å². The Hall–Kier alpha value is -3.57. The molecular formula is C26H27F2N7OS. The maximum Gasteiger partial charge on any atom is 0.163 e. The first-order valence-electron chi connectivity index (χ1n) is 12.1. The average Bonchev–Trinajstić information content (AvgIpc) is 2.96. The average molecular weight is 524 g/mol. The van der Waals surface area contributed by atoms with E-state index in [0.717, 1.165) is 11.4 Å². The van der Waals surface area contributed by atoms with Crippen molar-refractivity contribution in [2.45, 2.75) is 6.42 Å². The Labute approximate surface area is 218 Å². The predicted molar refractivity (Wildman–Crippen MR) is 145 cm³/mol. The third-order valence-corrected chi connectivity index (χ3v) is 6.81. The second-order valence-electron chi connectivity index (χ2n) is 8.38. The van der Waals surface area contributed by atoms with Crippen LogP contribution >= 0.6 is 11.9 Å². The van der Waals surface area contributed by atoms with Crippen LogP contribution in [0.1, 0.15) is 6.42 Å². The van der Waals surface area contributed by atoms with Gasteiger partial charge in [0.15, 0.2) is 17.5 Å². The van der Waals surface area contributed by atoms with E-state index >= 15 is 4.39 Å².